The van der Waals surface area contributed by atoms with Crippen LogP contribution in [0.15, 0.2) is 6.33 Å². The van der Waals surface area contributed by atoms with E-state index in [0.717, 1.165) is 6.42 Å². The Balaban J connectivity index is 2.32. The first-order chi connectivity index (χ1) is 8.13. The Morgan fingerprint density at radius 2 is 2.53 bits per heavy atom. The number of methoxy groups -OCH3 is 1. The van der Waals surface area contributed by atoms with E-state index in [9.17, 15) is 10.1 Å². The fraction of sp³-hybridized carbons (Fsp3) is 0.625. The number of nitro groups is 1. The number of hydrogen-bond donors (Lipinski definition) is 1. The van der Waals surface area contributed by atoms with Crippen LogP contribution in [0, 0.1) is 10.1 Å². The van der Waals surface area contributed by atoms with Gasteiger partial charge in [-0.2, -0.15) is 4.68 Å². The Bertz CT molecular complexity index is 394. The Labute approximate surface area is 103 Å². The van der Waals surface area contributed by atoms with Crippen LogP contribution in [0.25, 0.3) is 0 Å². The van der Waals surface area contributed by atoms with Crippen LogP contribution in [0.5, 0.6) is 0 Å². The molecule has 0 aliphatic carbocycles. The minimum Gasteiger partial charge on any atom is -0.390 e. The van der Waals surface area contributed by atoms with Gasteiger partial charge in [0.15, 0.2) is 0 Å². The molecule has 94 valence electrons. The SMILES string of the molecule is COCCCNC(=S)Cn1cnc([N+](=O)[O-])n1. The predicted octanol–water partition coefficient (Wildman–Crippen LogP) is 0.140. The van der Waals surface area contributed by atoms with Crippen molar-refractivity contribution in [2.45, 2.75) is 13.0 Å². The third kappa shape index (κ3) is 4.83. The van der Waals surface area contributed by atoms with E-state index in [-0.39, 0.29) is 6.54 Å². The Kier molecular flexibility index (Phi) is 5.43. The molecule has 0 radical (unpaired) electrons. The maximum atomic E-state index is 10.3. The second-order valence-corrected chi connectivity index (χ2v) is 3.69. The van der Waals surface area contributed by atoms with E-state index in [4.69, 9.17) is 17.0 Å². The third-order valence-corrected chi connectivity index (χ3v) is 2.11. The first-order valence-corrected chi connectivity index (χ1v) is 5.33. The quantitative estimate of drug-likeness (QED) is 0.322. The Hall–Kier alpha value is -1.61. The van der Waals surface area contributed by atoms with E-state index in [1.165, 1.54) is 11.0 Å². The lowest BCUT2D eigenvalue weighted by atomic mass is 10.4. The molecule has 0 unspecified atom stereocenters. The molecule has 0 amide bonds. The predicted molar refractivity (Wildman–Crippen MR) is 63.8 cm³/mol. The molecule has 1 heterocycles. The molecule has 1 aromatic rings. The topological polar surface area (TPSA) is 95.1 Å². The highest BCUT2D eigenvalue weighted by Crippen LogP contribution is 1.99. The molecule has 0 fully saturated rings. The molecule has 0 bridgehead atoms. The van der Waals surface area contributed by atoms with E-state index in [0.29, 0.717) is 18.1 Å². The van der Waals surface area contributed by atoms with Crippen molar-refractivity contribution in [3.05, 3.63) is 16.4 Å². The number of nitrogens with one attached hydrogen (secondary N) is 1. The summed E-state index contributed by atoms with van der Waals surface area (Å²) in [5.41, 5.74) is 0. The van der Waals surface area contributed by atoms with Gasteiger partial charge in [-0.3, -0.25) is 0 Å². The van der Waals surface area contributed by atoms with Crippen molar-refractivity contribution >= 4 is 23.2 Å². The summed E-state index contributed by atoms with van der Waals surface area (Å²) in [6, 6.07) is 0. The average molecular weight is 259 g/mol. The normalized spacial score (nSPS) is 10.2. The lowest BCUT2D eigenvalue weighted by Crippen LogP contribution is -2.27. The molecule has 17 heavy (non-hydrogen) atoms. The largest absolute Gasteiger partial charge is 0.490 e. The molecule has 0 saturated carbocycles. The van der Waals surface area contributed by atoms with Crippen LogP contribution in [-0.2, 0) is 11.3 Å². The van der Waals surface area contributed by atoms with Gasteiger partial charge in [0.05, 0.1) is 4.99 Å². The molecule has 0 aliphatic heterocycles. The molecule has 0 saturated heterocycles. The molecular weight excluding hydrogens is 246 g/mol. The van der Waals surface area contributed by atoms with Gasteiger partial charge in [-0.1, -0.05) is 17.2 Å². The number of aromatic nitrogens is 3. The summed E-state index contributed by atoms with van der Waals surface area (Å²) in [6.07, 6.45) is 2.12. The van der Waals surface area contributed by atoms with Gasteiger partial charge in [-0.15, -0.1) is 0 Å². The minimum absolute atomic E-state index is 0.281. The zero-order chi connectivity index (χ0) is 12.7. The van der Waals surface area contributed by atoms with Gasteiger partial charge >= 0.3 is 5.95 Å². The van der Waals surface area contributed by atoms with Crippen LogP contribution in [0.4, 0.5) is 5.95 Å². The molecular formula is C8H13N5O3S. The van der Waals surface area contributed by atoms with Gasteiger partial charge in [-0.25, -0.2) is 0 Å². The van der Waals surface area contributed by atoms with Crippen molar-refractivity contribution in [1.82, 2.24) is 20.1 Å². The molecule has 0 atom stereocenters. The van der Waals surface area contributed by atoms with Crippen LogP contribution in [0.2, 0.25) is 0 Å². The maximum Gasteiger partial charge on any atom is 0.490 e. The van der Waals surface area contributed by atoms with Crippen molar-refractivity contribution in [1.29, 1.82) is 0 Å². The van der Waals surface area contributed by atoms with Gasteiger partial charge in [0.2, 0.25) is 6.33 Å². The summed E-state index contributed by atoms with van der Waals surface area (Å²) >= 11 is 5.05. The Morgan fingerprint density at radius 3 is 3.12 bits per heavy atom. The summed E-state index contributed by atoms with van der Waals surface area (Å²) < 4.78 is 6.21. The van der Waals surface area contributed by atoms with E-state index < -0.39 is 10.9 Å². The highest BCUT2D eigenvalue weighted by Gasteiger charge is 2.13. The number of nitrogens with zero attached hydrogens (tertiary/aromatic N) is 4. The standard InChI is InChI=1S/C8H13N5O3S/c1-16-4-2-3-9-7(17)5-12-6-10-8(11-12)13(14)15/h6H,2-5H2,1H3,(H,9,17). The van der Waals surface area contributed by atoms with Crippen molar-refractivity contribution in [3.63, 3.8) is 0 Å². The molecule has 1 rings (SSSR count). The van der Waals surface area contributed by atoms with E-state index >= 15 is 0 Å². The van der Waals surface area contributed by atoms with Crippen molar-refractivity contribution in [2.24, 2.45) is 0 Å². The van der Waals surface area contributed by atoms with Crippen molar-refractivity contribution in [2.75, 3.05) is 20.3 Å². The van der Waals surface area contributed by atoms with Crippen LogP contribution in [0.1, 0.15) is 6.42 Å². The van der Waals surface area contributed by atoms with Crippen molar-refractivity contribution < 1.29 is 9.66 Å². The van der Waals surface area contributed by atoms with Gasteiger partial charge in [0.25, 0.3) is 0 Å². The van der Waals surface area contributed by atoms with E-state index in [1.807, 2.05) is 0 Å². The minimum atomic E-state index is -0.647. The first kappa shape index (κ1) is 13.5. The number of ether oxygens (including phenoxy) is 1. The molecule has 0 aliphatic rings. The highest BCUT2D eigenvalue weighted by atomic mass is 32.1. The Morgan fingerprint density at radius 1 is 1.76 bits per heavy atom. The summed E-state index contributed by atoms with van der Waals surface area (Å²) in [5, 5.41) is 17.0. The molecule has 8 nitrogen and oxygen atoms in total. The maximum absolute atomic E-state index is 10.3. The number of thiocarbonyl (C=S) groups is 1. The molecule has 0 spiro atoms. The van der Waals surface area contributed by atoms with Gasteiger partial charge in [0, 0.05) is 25.4 Å². The second kappa shape index (κ2) is 6.86. The third-order valence-electron chi connectivity index (χ3n) is 1.84. The fourth-order valence-corrected chi connectivity index (χ4v) is 1.33. The summed E-state index contributed by atoms with van der Waals surface area (Å²) in [7, 11) is 1.63. The summed E-state index contributed by atoms with van der Waals surface area (Å²) in [5.74, 6) is -0.424. The lowest BCUT2D eigenvalue weighted by Gasteiger charge is -2.05. The fourth-order valence-electron chi connectivity index (χ4n) is 1.09. The molecule has 9 heteroatoms. The lowest BCUT2D eigenvalue weighted by molar-refractivity contribution is -0.394. The first-order valence-electron chi connectivity index (χ1n) is 4.93. The van der Waals surface area contributed by atoms with E-state index in [1.54, 1.807) is 7.11 Å². The van der Waals surface area contributed by atoms with Gasteiger partial charge < -0.3 is 20.2 Å². The van der Waals surface area contributed by atoms with Crippen LogP contribution in [-0.4, -0.2) is 44.9 Å². The molecule has 1 aromatic heterocycles. The second-order valence-electron chi connectivity index (χ2n) is 3.20. The van der Waals surface area contributed by atoms with Gasteiger partial charge in [0.1, 0.15) is 6.54 Å². The zero-order valence-corrected chi connectivity index (χ0v) is 10.1. The number of hydrogen-bond acceptors (Lipinski definition) is 6. The summed E-state index contributed by atoms with van der Waals surface area (Å²) in [6.45, 7) is 1.64. The summed E-state index contributed by atoms with van der Waals surface area (Å²) in [4.78, 5) is 13.8. The molecule has 0 aromatic carbocycles. The molecule has 1 N–H and O–H groups in total. The van der Waals surface area contributed by atoms with Crippen LogP contribution >= 0.6 is 12.2 Å². The highest BCUT2D eigenvalue weighted by molar-refractivity contribution is 7.80. The van der Waals surface area contributed by atoms with Crippen molar-refractivity contribution in [3.8, 4) is 0 Å². The van der Waals surface area contributed by atoms with E-state index in [2.05, 4.69) is 15.4 Å². The monoisotopic (exact) mass is 259 g/mol. The van der Waals surface area contributed by atoms with Gasteiger partial charge in [-0.05, 0) is 11.3 Å². The van der Waals surface area contributed by atoms with Crippen LogP contribution < -0.4 is 5.32 Å². The zero-order valence-electron chi connectivity index (χ0n) is 9.33. The van der Waals surface area contributed by atoms with Crippen LogP contribution in [0.3, 0.4) is 0 Å². The number of rotatable bonds is 7. The smallest absolute Gasteiger partial charge is 0.390 e. The average Bonchev–Trinajstić information content (AvgIpc) is 2.73.